The number of rotatable bonds is 8. The molecule has 10 nitrogen and oxygen atoms in total. The van der Waals surface area contributed by atoms with Crippen molar-refractivity contribution >= 4 is 46.3 Å². The quantitative estimate of drug-likeness (QED) is 0.368. The van der Waals surface area contributed by atoms with Gasteiger partial charge in [-0.3, -0.25) is 9.69 Å². The zero-order valence-electron chi connectivity index (χ0n) is 24.3. The summed E-state index contributed by atoms with van der Waals surface area (Å²) in [6, 6.07) is 10.5. The number of aromatic nitrogens is 2. The van der Waals surface area contributed by atoms with Gasteiger partial charge in [0.15, 0.2) is 5.82 Å². The lowest BCUT2D eigenvalue weighted by atomic mass is 10.0. The largest absolute Gasteiger partial charge is 0.495 e. The monoisotopic (exact) mass is 578 g/mol. The van der Waals surface area contributed by atoms with E-state index < -0.39 is 0 Å². The van der Waals surface area contributed by atoms with Crippen molar-refractivity contribution < 1.29 is 9.53 Å². The highest BCUT2D eigenvalue weighted by Gasteiger charge is 2.20. The van der Waals surface area contributed by atoms with Gasteiger partial charge in [0.25, 0.3) is 0 Å². The van der Waals surface area contributed by atoms with E-state index in [2.05, 4.69) is 84.9 Å². The Hall–Kier alpha value is -3.60. The maximum atomic E-state index is 11.9. The van der Waals surface area contributed by atoms with Crippen LogP contribution in [-0.2, 0) is 17.6 Å². The van der Waals surface area contributed by atoms with E-state index in [1.807, 2.05) is 0 Å². The molecule has 1 amide bonds. The Morgan fingerprint density at radius 1 is 1.02 bits per heavy atom. The van der Waals surface area contributed by atoms with Crippen LogP contribution in [0.2, 0.25) is 5.02 Å². The van der Waals surface area contributed by atoms with Crippen LogP contribution in [0.1, 0.15) is 16.7 Å². The number of halogens is 1. The molecule has 0 unspecified atom stereocenters. The molecule has 0 aliphatic carbocycles. The number of benzene rings is 2. The number of aryl methyl sites for hydroxylation is 1. The highest BCUT2D eigenvalue weighted by Crippen LogP contribution is 2.34. The molecule has 3 aromatic rings. The van der Waals surface area contributed by atoms with Gasteiger partial charge in [0, 0.05) is 57.7 Å². The number of amides is 1. The van der Waals surface area contributed by atoms with Crippen LogP contribution >= 0.6 is 11.6 Å². The molecule has 218 valence electrons. The number of carbonyl (C=O) groups excluding carboxylic acids is 1. The predicted molar refractivity (Wildman–Crippen MR) is 165 cm³/mol. The summed E-state index contributed by atoms with van der Waals surface area (Å²) < 4.78 is 5.72. The molecule has 0 atom stereocenters. The van der Waals surface area contributed by atoms with E-state index in [9.17, 15) is 4.79 Å². The first kappa shape index (κ1) is 28.9. The Morgan fingerprint density at radius 2 is 1.76 bits per heavy atom. The summed E-state index contributed by atoms with van der Waals surface area (Å²) >= 11 is 6.50. The van der Waals surface area contributed by atoms with E-state index in [4.69, 9.17) is 16.3 Å². The van der Waals surface area contributed by atoms with Crippen molar-refractivity contribution in [1.29, 1.82) is 0 Å². The molecule has 2 aliphatic heterocycles. The number of nitrogens with one attached hydrogen (secondary N) is 3. The standard InChI is InChI=1S/C30H39ClN8O2/c1-20-15-23(5-6-26(20)39-13-11-37(3)12-14-39)34-29-24(31)18-33-30(36-29)35-25-16-21-7-9-38(19-28(40)32-2)10-8-22(21)17-27(25)41-4/h5-6,15-18H,7-14,19H2,1-4H3,(H,32,40)(H2,33,34,35,36). The van der Waals surface area contributed by atoms with Gasteiger partial charge >= 0.3 is 0 Å². The fourth-order valence-electron chi connectivity index (χ4n) is 5.42. The van der Waals surface area contributed by atoms with Crippen LogP contribution in [0.4, 0.5) is 28.8 Å². The van der Waals surface area contributed by atoms with Crippen molar-refractivity contribution in [3.63, 3.8) is 0 Å². The van der Waals surface area contributed by atoms with Crippen LogP contribution in [0.3, 0.4) is 0 Å². The van der Waals surface area contributed by atoms with Crippen molar-refractivity contribution in [3.05, 3.63) is 58.2 Å². The van der Waals surface area contributed by atoms with Crippen LogP contribution in [0, 0.1) is 6.92 Å². The van der Waals surface area contributed by atoms with Crippen molar-refractivity contribution in [3.8, 4) is 5.75 Å². The molecule has 1 fully saturated rings. The molecule has 0 spiro atoms. The van der Waals surface area contributed by atoms with Gasteiger partial charge in [0.1, 0.15) is 10.8 Å². The maximum Gasteiger partial charge on any atom is 0.233 e. The van der Waals surface area contributed by atoms with E-state index in [1.165, 1.54) is 22.4 Å². The first-order valence-electron chi connectivity index (χ1n) is 14.1. The average molecular weight is 579 g/mol. The van der Waals surface area contributed by atoms with Crippen molar-refractivity contribution in [2.45, 2.75) is 19.8 Å². The number of nitrogens with zero attached hydrogens (tertiary/aromatic N) is 5. The van der Waals surface area contributed by atoms with Gasteiger partial charge in [0.05, 0.1) is 25.5 Å². The minimum absolute atomic E-state index is 0.0290. The minimum atomic E-state index is 0.0290. The number of ether oxygens (including phenoxy) is 1. The smallest absolute Gasteiger partial charge is 0.233 e. The molecule has 2 aliphatic rings. The fourth-order valence-corrected chi connectivity index (χ4v) is 5.55. The molecule has 5 rings (SSSR count). The molecule has 3 heterocycles. The van der Waals surface area contributed by atoms with Gasteiger partial charge in [-0.15, -0.1) is 0 Å². The van der Waals surface area contributed by atoms with Gasteiger partial charge in [-0.25, -0.2) is 4.98 Å². The third-order valence-corrected chi connectivity index (χ3v) is 8.13. The van der Waals surface area contributed by atoms with Crippen LogP contribution < -0.4 is 25.6 Å². The van der Waals surface area contributed by atoms with Gasteiger partial charge in [-0.2, -0.15) is 4.98 Å². The van der Waals surface area contributed by atoms with Crippen LogP contribution in [0.15, 0.2) is 36.5 Å². The molecule has 1 aromatic heterocycles. The van der Waals surface area contributed by atoms with Gasteiger partial charge in [-0.05, 0) is 73.8 Å². The van der Waals surface area contributed by atoms with Crippen LogP contribution in [0.25, 0.3) is 0 Å². The van der Waals surface area contributed by atoms with Crippen molar-refractivity contribution in [1.82, 2.24) is 25.1 Å². The Kier molecular flexibility index (Phi) is 9.12. The van der Waals surface area contributed by atoms with Gasteiger partial charge in [-0.1, -0.05) is 11.6 Å². The maximum absolute atomic E-state index is 11.9. The second kappa shape index (κ2) is 12.9. The van der Waals surface area contributed by atoms with Crippen LogP contribution in [-0.4, -0.2) is 92.7 Å². The second-order valence-corrected chi connectivity index (χ2v) is 11.1. The Balaban J connectivity index is 1.31. The first-order valence-corrected chi connectivity index (χ1v) is 14.4. The SMILES string of the molecule is CNC(=O)CN1CCc2cc(Nc3ncc(Cl)c(Nc4ccc(N5CCN(C)CC5)c(C)c4)n3)c(OC)cc2CC1. The summed E-state index contributed by atoms with van der Waals surface area (Å²) in [5.41, 5.74) is 6.60. The second-order valence-electron chi connectivity index (χ2n) is 10.7. The van der Waals surface area contributed by atoms with E-state index in [-0.39, 0.29) is 5.91 Å². The lowest BCUT2D eigenvalue weighted by Gasteiger charge is -2.35. The Morgan fingerprint density at radius 3 is 2.44 bits per heavy atom. The molecule has 11 heteroatoms. The number of methoxy groups -OCH3 is 1. The molecule has 1 saturated heterocycles. The highest BCUT2D eigenvalue weighted by atomic mass is 35.5. The molecular formula is C30H39ClN8O2. The summed E-state index contributed by atoms with van der Waals surface area (Å²) in [6.45, 7) is 8.35. The summed E-state index contributed by atoms with van der Waals surface area (Å²) in [7, 11) is 5.49. The number of carbonyl (C=O) groups is 1. The summed E-state index contributed by atoms with van der Waals surface area (Å²) in [5.74, 6) is 1.68. The predicted octanol–water partition coefficient (Wildman–Crippen LogP) is 3.83. The normalized spacial score (nSPS) is 16.1. The summed E-state index contributed by atoms with van der Waals surface area (Å²) in [4.78, 5) is 28.0. The topological polar surface area (TPSA) is 97.9 Å². The molecule has 3 N–H and O–H groups in total. The lowest BCUT2D eigenvalue weighted by Crippen LogP contribution is -2.44. The number of likely N-dealkylation sites (N-methyl/N-ethyl adjacent to an activating group) is 2. The van der Waals surface area contributed by atoms with E-state index >= 15 is 0 Å². The Bertz CT molecular complexity index is 1390. The summed E-state index contributed by atoms with van der Waals surface area (Å²) in [5, 5.41) is 9.84. The number of fused-ring (bicyclic) bond motifs is 1. The van der Waals surface area contributed by atoms with E-state index in [0.717, 1.165) is 63.5 Å². The molecule has 0 bridgehead atoms. The van der Waals surface area contributed by atoms with E-state index in [0.29, 0.717) is 29.1 Å². The number of anilines is 5. The Labute approximate surface area is 247 Å². The molecular weight excluding hydrogens is 540 g/mol. The summed E-state index contributed by atoms with van der Waals surface area (Å²) in [6.07, 6.45) is 3.28. The van der Waals surface area contributed by atoms with Gasteiger partial charge < -0.3 is 30.5 Å². The number of piperazine rings is 1. The minimum Gasteiger partial charge on any atom is -0.495 e. The highest BCUT2D eigenvalue weighted by molar-refractivity contribution is 6.32. The molecule has 41 heavy (non-hydrogen) atoms. The lowest BCUT2D eigenvalue weighted by molar-refractivity contribution is -0.121. The zero-order valence-corrected chi connectivity index (χ0v) is 25.0. The fraction of sp³-hybridized carbons (Fsp3) is 0.433. The average Bonchev–Trinajstić information content (AvgIpc) is 3.16. The van der Waals surface area contributed by atoms with Crippen molar-refractivity contribution in [2.75, 3.05) is 82.6 Å². The first-order chi connectivity index (χ1) is 19.8. The third-order valence-electron chi connectivity index (χ3n) is 7.86. The van der Waals surface area contributed by atoms with E-state index in [1.54, 1.807) is 20.4 Å². The number of hydrogen-bond acceptors (Lipinski definition) is 9. The third kappa shape index (κ3) is 7.01. The number of hydrogen-bond donors (Lipinski definition) is 3. The van der Waals surface area contributed by atoms with Crippen LogP contribution in [0.5, 0.6) is 5.75 Å². The molecule has 2 aromatic carbocycles. The molecule has 0 radical (unpaired) electrons. The van der Waals surface area contributed by atoms with Gasteiger partial charge in [0.2, 0.25) is 11.9 Å². The van der Waals surface area contributed by atoms with Crippen molar-refractivity contribution in [2.24, 2.45) is 0 Å². The zero-order chi connectivity index (χ0) is 28.9. The molecule has 0 saturated carbocycles.